The maximum atomic E-state index is 13.5. The average Bonchev–Trinajstić information content (AvgIpc) is 2.62. The number of H-pyrrole nitrogens is 1. The van der Waals surface area contributed by atoms with Gasteiger partial charge in [-0.3, -0.25) is 0 Å². The maximum absolute atomic E-state index is 13.5. The molecular formula is C12H10BrFN2S2. The number of fused-ring (bicyclic) bond motifs is 1. The molecule has 1 heterocycles. The molecule has 6 heteroatoms. The van der Waals surface area contributed by atoms with E-state index in [2.05, 4.69) is 26.8 Å². The molecule has 0 aliphatic carbocycles. The summed E-state index contributed by atoms with van der Waals surface area (Å²) in [5.74, 6) is 3.81. The average molecular weight is 345 g/mol. The highest BCUT2D eigenvalue weighted by atomic mass is 79.9. The highest BCUT2D eigenvalue weighted by Gasteiger charge is 2.08. The lowest BCUT2D eigenvalue weighted by Crippen LogP contribution is -2.01. The van der Waals surface area contributed by atoms with Crippen molar-refractivity contribution in [2.75, 3.05) is 11.5 Å². The zero-order valence-corrected chi connectivity index (χ0v) is 12.6. The Labute approximate surface area is 122 Å². The predicted octanol–water partition coefficient (Wildman–Crippen LogP) is 3.97. The Bertz CT molecular complexity index is 669. The lowest BCUT2D eigenvalue weighted by molar-refractivity contribution is 0.621. The molecule has 2 nitrogen and oxygen atoms in total. The van der Waals surface area contributed by atoms with Crippen molar-refractivity contribution >= 4 is 50.9 Å². The minimum absolute atomic E-state index is 0.290. The van der Waals surface area contributed by atoms with Crippen molar-refractivity contribution in [1.29, 1.82) is 0 Å². The van der Waals surface area contributed by atoms with Crippen LogP contribution in [0.4, 0.5) is 4.39 Å². The molecule has 0 fully saturated rings. The molecule has 2 rings (SSSR count). The molecule has 0 aliphatic heterocycles. The summed E-state index contributed by atoms with van der Waals surface area (Å²) < 4.78 is 16.5. The number of aryl methyl sites for hydroxylation is 1. The topological polar surface area (TPSA) is 20.7 Å². The zero-order chi connectivity index (χ0) is 13.1. The van der Waals surface area contributed by atoms with Gasteiger partial charge in [0.05, 0.1) is 21.3 Å². The second-order valence-corrected chi connectivity index (χ2v) is 5.97. The molecule has 2 aromatic rings. The van der Waals surface area contributed by atoms with Crippen molar-refractivity contribution < 1.29 is 4.39 Å². The zero-order valence-electron chi connectivity index (χ0n) is 9.37. The van der Waals surface area contributed by atoms with Crippen molar-refractivity contribution in [1.82, 2.24) is 9.55 Å². The fourth-order valence-corrected chi connectivity index (χ4v) is 2.88. The standard InChI is InChI=1S/C12H10BrFN2S2/c1-2-4-18-5-3-16-11-7-9(14)8(13)6-10(11)15-12(16)17/h1,6-7H,3-5H2,(H,15,17). The van der Waals surface area contributed by atoms with Crippen LogP contribution in [-0.4, -0.2) is 21.1 Å². The molecule has 1 N–H and O–H groups in total. The van der Waals surface area contributed by atoms with E-state index in [-0.39, 0.29) is 5.82 Å². The molecule has 0 bridgehead atoms. The first-order valence-corrected chi connectivity index (χ1v) is 7.58. The summed E-state index contributed by atoms with van der Waals surface area (Å²) >= 11 is 10.1. The van der Waals surface area contributed by atoms with Crippen LogP contribution < -0.4 is 0 Å². The number of imidazole rings is 1. The third kappa shape index (κ3) is 2.79. The first kappa shape index (κ1) is 13.7. The van der Waals surface area contributed by atoms with Gasteiger partial charge in [-0.25, -0.2) is 4.39 Å². The van der Waals surface area contributed by atoms with Gasteiger partial charge in [0.15, 0.2) is 4.77 Å². The minimum Gasteiger partial charge on any atom is -0.331 e. The molecule has 0 saturated heterocycles. The summed E-state index contributed by atoms with van der Waals surface area (Å²) in [4.78, 5) is 3.07. The van der Waals surface area contributed by atoms with Gasteiger partial charge in [0, 0.05) is 18.4 Å². The maximum Gasteiger partial charge on any atom is 0.178 e. The largest absolute Gasteiger partial charge is 0.331 e. The number of thioether (sulfide) groups is 1. The van der Waals surface area contributed by atoms with Crippen molar-refractivity contribution in [2.45, 2.75) is 6.54 Å². The number of nitrogens with one attached hydrogen (secondary N) is 1. The summed E-state index contributed by atoms with van der Waals surface area (Å²) in [6, 6.07) is 3.18. The van der Waals surface area contributed by atoms with Crippen LogP contribution in [-0.2, 0) is 6.54 Å². The molecular weight excluding hydrogens is 335 g/mol. The number of terminal acetylenes is 1. The second kappa shape index (κ2) is 5.91. The third-order valence-electron chi connectivity index (χ3n) is 2.46. The molecule has 0 radical (unpaired) electrons. The van der Waals surface area contributed by atoms with E-state index < -0.39 is 0 Å². The van der Waals surface area contributed by atoms with Crippen LogP contribution in [0.2, 0.25) is 0 Å². The predicted molar refractivity (Wildman–Crippen MR) is 80.9 cm³/mol. The van der Waals surface area contributed by atoms with Crippen LogP contribution in [0, 0.1) is 22.9 Å². The second-order valence-electron chi connectivity index (χ2n) is 3.62. The van der Waals surface area contributed by atoms with E-state index in [1.807, 2.05) is 4.57 Å². The van der Waals surface area contributed by atoms with Gasteiger partial charge >= 0.3 is 0 Å². The van der Waals surface area contributed by atoms with Gasteiger partial charge in [0.1, 0.15) is 5.82 Å². The number of halogens is 2. The Morgan fingerprint density at radius 3 is 3.06 bits per heavy atom. The summed E-state index contributed by atoms with van der Waals surface area (Å²) in [5.41, 5.74) is 1.61. The number of benzene rings is 1. The SMILES string of the molecule is C#CCSCCn1c(=S)[nH]c2cc(Br)c(F)cc21. The number of rotatable bonds is 4. The van der Waals surface area contributed by atoms with Crippen molar-refractivity contribution in [2.24, 2.45) is 0 Å². The normalized spacial score (nSPS) is 10.7. The van der Waals surface area contributed by atoms with E-state index in [4.69, 9.17) is 18.6 Å². The Hall–Kier alpha value is -0.770. The monoisotopic (exact) mass is 344 g/mol. The van der Waals surface area contributed by atoms with Gasteiger partial charge in [-0.05, 0) is 34.2 Å². The van der Waals surface area contributed by atoms with E-state index in [9.17, 15) is 4.39 Å². The van der Waals surface area contributed by atoms with E-state index in [1.165, 1.54) is 6.07 Å². The first-order valence-electron chi connectivity index (χ1n) is 5.22. The highest BCUT2D eigenvalue weighted by molar-refractivity contribution is 9.10. The fraction of sp³-hybridized carbons (Fsp3) is 0.250. The van der Waals surface area contributed by atoms with Gasteiger partial charge in [-0.15, -0.1) is 18.2 Å². The molecule has 1 aromatic heterocycles. The fourth-order valence-electron chi connectivity index (χ4n) is 1.66. The van der Waals surface area contributed by atoms with Crippen molar-refractivity contribution in [3.8, 4) is 12.3 Å². The highest BCUT2D eigenvalue weighted by Crippen LogP contribution is 2.23. The van der Waals surface area contributed by atoms with E-state index in [1.54, 1.807) is 17.8 Å². The van der Waals surface area contributed by atoms with Gasteiger partial charge < -0.3 is 9.55 Å². The quantitative estimate of drug-likeness (QED) is 0.514. The Balaban J connectivity index is 2.32. The van der Waals surface area contributed by atoms with Crippen LogP contribution in [0.25, 0.3) is 11.0 Å². The van der Waals surface area contributed by atoms with Crippen LogP contribution in [0.5, 0.6) is 0 Å². The van der Waals surface area contributed by atoms with Crippen molar-refractivity contribution in [3.63, 3.8) is 0 Å². The number of nitrogens with zero attached hydrogens (tertiary/aromatic N) is 1. The number of hydrogen-bond acceptors (Lipinski definition) is 2. The first-order chi connectivity index (χ1) is 8.63. The molecule has 94 valence electrons. The van der Waals surface area contributed by atoms with E-state index in [0.29, 0.717) is 21.5 Å². The molecule has 0 unspecified atom stereocenters. The van der Waals surface area contributed by atoms with Crippen LogP contribution in [0.15, 0.2) is 16.6 Å². The Morgan fingerprint density at radius 1 is 1.56 bits per heavy atom. The molecule has 0 amide bonds. The molecule has 0 saturated carbocycles. The van der Waals surface area contributed by atoms with Gasteiger partial charge in [0.25, 0.3) is 0 Å². The van der Waals surface area contributed by atoms with Crippen LogP contribution in [0.3, 0.4) is 0 Å². The molecule has 1 aromatic carbocycles. The number of aromatic amines is 1. The van der Waals surface area contributed by atoms with Gasteiger partial charge in [-0.2, -0.15) is 0 Å². The smallest absolute Gasteiger partial charge is 0.178 e. The van der Waals surface area contributed by atoms with Gasteiger partial charge in [-0.1, -0.05) is 5.92 Å². The summed E-state index contributed by atoms with van der Waals surface area (Å²) in [5, 5.41) is 0. The summed E-state index contributed by atoms with van der Waals surface area (Å²) in [6.45, 7) is 0.715. The van der Waals surface area contributed by atoms with E-state index in [0.717, 1.165) is 16.8 Å². The Morgan fingerprint density at radius 2 is 2.33 bits per heavy atom. The minimum atomic E-state index is -0.290. The van der Waals surface area contributed by atoms with Crippen molar-refractivity contribution in [3.05, 3.63) is 27.2 Å². The third-order valence-corrected chi connectivity index (χ3v) is 4.23. The summed E-state index contributed by atoms with van der Waals surface area (Å²) in [6.07, 6.45) is 5.19. The summed E-state index contributed by atoms with van der Waals surface area (Å²) in [7, 11) is 0. The van der Waals surface area contributed by atoms with Gasteiger partial charge in [0.2, 0.25) is 0 Å². The Kier molecular flexibility index (Phi) is 4.49. The van der Waals surface area contributed by atoms with Crippen LogP contribution >= 0.6 is 39.9 Å². The number of aromatic nitrogens is 2. The molecule has 0 spiro atoms. The lowest BCUT2D eigenvalue weighted by Gasteiger charge is -2.03. The molecule has 18 heavy (non-hydrogen) atoms. The molecule has 0 atom stereocenters. The van der Waals surface area contributed by atoms with E-state index >= 15 is 0 Å². The lowest BCUT2D eigenvalue weighted by atomic mass is 10.3. The van der Waals surface area contributed by atoms with Crippen LogP contribution in [0.1, 0.15) is 0 Å². The number of hydrogen-bond donors (Lipinski definition) is 1. The molecule has 0 aliphatic rings.